The molecule has 0 atom stereocenters. The maximum atomic E-state index is 13.0. The van der Waals surface area contributed by atoms with E-state index in [1.807, 2.05) is 32.0 Å². The molecule has 6 nitrogen and oxygen atoms in total. The molecule has 4 aromatic rings. The van der Waals surface area contributed by atoms with Gasteiger partial charge in [0.05, 0.1) is 5.69 Å². The fourth-order valence-corrected chi connectivity index (χ4v) is 3.57. The minimum absolute atomic E-state index is 0.226. The van der Waals surface area contributed by atoms with Gasteiger partial charge in [-0.25, -0.2) is 9.97 Å². The summed E-state index contributed by atoms with van der Waals surface area (Å²) in [5.74, 6) is -0.126. The Balaban J connectivity index is 1.58. The Kier molecular flexibility index (Phi) is 6.47. The third kappa shape index (κ3) is 5.42. The molecule has 0 aliphatic heterocycles. The molecule has 1 heterocycles. The lowest BCUT2D eigenvalue weighted by Gasteiger charge is -2.12. The van der Waals surface area contributed by atoms with E-state index in [0.29, 0.717) is 39.0 Å². The Morgan fingerprint density at radius 2 is 1.48 bits per heavy atom. The molecule has 1 amide bonds. The molecular weight excluding hydrogens is 436 g/mol. The highest BCUT2D eigenvalue weighted by molar-refractivity contribution is 6.31. The van der Waals surface area contributed by atoms with Crippen LogP contribution in [0.25, 0.3) is 0 Å². The quantitative estimate of drug-likeness (QED) is 0.349. The molecule has 0 fully saturated rings. The third-order valence-corrected chi connectivity index (χ3v) is 5.11. The Hall–Kier alpha value is -4.03. The summed E-state index contributed by atoms with van der Waals surface area (Å²) in [6.07, 6.45) is 0. The van der Waals surface area contributed by atoms with Crippen LogP contribution in [-0.2, 0) is 0 Å². The summed E-state index contributed by atoms with van der Waals surface area (Å²) in [6, 6.07) is 22.5. The number of carbonyl (C=O) groups excluding carboxylic acids is 2. The zero-order valence-electron chi connectivity index (χ0n) is 18.1. The monoisotopic (exact) mass is 456 g/mol. The highest BCUT2D eigenvalue weighted by atomic mass is 35.5. The summed E-state index contributed by atoms with van der Waals surface area (Å²) in [7, 11) is 0. The van der Waals surface area contributed by atoms with Crippen LogP contribution in [0.3, 0.4) is 0 Å². The van der Waals surface area contributed by atoms with Crippen LogP contribution in [0.2, 0.25) is 5.02 Å². The van der Waals surface area contributed by atoms with Gasteiger partial charge in [0, 0.05) is 38.8 Å². The van der Waals surface area contributed by atoms with Crippen molar-refractivity contribution in [2.45, 2.75) is 13.8 Å². The predicted octanol–water partition coefficient (Wildman–Crippen LogP) is 5.97. The van der Waals surface area contributed by atoms with Crippen LogP contribution in [0.15, 0.2) is 78.9 Å². The zero-order chi connectivity index (χ0) is 23.4. The van der Waals surface area contributed by atoms with Crippen molar-refractivity contribution in [1.82, 2.24) is 9.97 Å². The molecule has 0 saturated carbocycles. The van der Waals surface area contributed by atoms with Crippen LogP contribution in [0.5, 0.6) is 0 Å². The second-order valence-corrected chi connectivity index (χ2v) is 7.96. The van der Waals surface area contributed by atoms with Gasteiger partial charge in [-0.2, -0.15) is 0 Å². The summed E-state index contributed by atoms with van der Waals surface area (Å²) in [5.41, 5.74) is 3.99. The van der Waals surface area contributed by atoms with Crippen molar-refractivity contribution in [2.24, 2.45) is 0 Å². The van der Waals surface area contributed by atoms with Gasteiger partial charge in [-0.3, -0.25) is 9.59 Å². The van der Waals surface area contributed by atoms with E-state index in [1.165, 1.54) is 0 Å². The van der Waals surface area contributed by atoms with Gasteiger partial charge in [0.25, 0.3) is 5.91 Å². The average Bonchev–Trinajstić information content (AvgIpc) is 2.80. The molecule has 0 spiro atoms. The molecule has 0 aliphatic rings. The first-order valence-electron chi connectivity index (χ1n) is 10.3. The maximum Gasteiger partial charge on any atom is 0.255 e. The number of carbonyl (C=O) groups is 2. The van der Waals surface area contributed by atoms with Crippen molar-refractivity contribution >= 4 is 40.6 Å². The number of ketones is 1. The van der Waals surface area contributed by atoms with Gasteiger partial charge in [0.15, 0.2) is 5.78 Å². The van der Waals surface area contributed by atoms with Crippen molar-refractivity contribution in [3.63, 3.8) is 0 Å². The largest absolute Gasteiger partial charge is 0.324 e. The molecule has 33 heavy (non-hydrogen) atoms. The normalized spacial score (nSPS) is 10.5. The van der Waals surface area contributed by atoms with E-state index in [0.717, 1.165) is 11.4 Å². The van der Waals surface area contributed by atoms with Gasteiger partial charge in [0.1, 0.15) is 0 Å². The van der Waals surface area contributed by atoms with Gasteiger partial charge < -0.3 is 10.6 Å². The SMILES string of the molecule is Cc1cc(C)nc(Nc2cccc(C(=O)Nc3ccc(Cl)cc3C(=O)c3ccccc3)c2)n1. The maximum absolute atomic E-state index is 13.0. The predicted molar refractivity (Wildman–Crippen MR) is 131 cm³/mol. The van der Waals surface area contributed by atoms with E-state index in [1.54, 1.807) is 60.7 Å². The molecule has 2 N–H and O–H groups in total. The topological polar surface area (TPSA) is 84.0 Å². The number of aryl methyl sites for hydroxylation is 2. The number of aromatic nitrogens is 2. The molecule has 164 valence electrons. The molecule has 0 saturated heterocycles. The van der Waals surface area contributed by atoms with Gasteiger partial charge >= 0.3 is 0 Å². The number of amides is 1. The zero-order valence-corrected chi connectivity index (χ0v) is 18.9. The van der Waals surface area contributed by atoms with Gasteiger partial charge in [-0.05, 0) is 56.3 Å². The highest BCUT2D eigenvalue weighted by Gasteiger charge is 2.17. The molecule has 4 rings (SSSR count). The lowest BCUT2D eigenvalue weighted by molar-refractivity contribution is 0.102. The molecule has 0 aliphatic carbocycles. The van der Waals surface area contributed by atoms with Crippen LogP contribution in [0, 0.1) is 13.8 Å². The molecule has 0 unspecified atom stereocenters. The summed E-state index contributed by atoms with van der Waals surface area (Å²) >= 11 is 6.14. The van der Waals surface area contributed by atoms with Crippen molar-refractivity contribution in [1.29, 1.82) is 0 Å². The number of hydrogen-bond acceptors (Lipinski definition) is 5. The summed E-state index contributed by atoms with van der Waals surface area (Å²) in [4.78, 5) is 34.8. The van der Waals surface area contributed by atoms with Crippen molar-refractivity contribution in [3.8, 4) is 0 Å². The first-order valence-corrected chi connectivity index (χ1v) is 10.7. The first-order chi connectivity index (χ1) is 15.9. The van der Waals surface area contributed by atoms with Gasteiger partial charge in [-0.15, -0.1) is 0 Å². The Bertz CT molecular complexity index is 1320. The van der Waals surface area contributed by atoms with Crippen LogP contribution >= 0.6 is 11.6 Å². The summed E-state index contributed by atoms with van der Waals surface area (Å²) in [5, 5.41) is 6.38. The van der Waals surface area contributed by atoms with E-state index >= 15 is 0 Å². The lowest BCUT2D eigenvalue weighted by Crippen LogP contribution is -2.15. The fourth-order valence-electron chi connectivity index (χ4n) is 3.40. The van der Waals surface area contributed by atoms with Crippen molar-refractivity contribution < 1.29 is 9.59 Å². The van der Waals surface area contributed by atoms with E-state index in [4.69, 9.17) is 11.6 Å². The van der Waals surface area contributed by atoms with Crippen LogP contribution < -0.4 is 10.6 Å². The Morgan fingerprint density at radius 3 is 2.21 bits per heavy atom. The minimum Gasteiger partial charge on any atom is -0.324 e. The number of nitrogens with zero attached hydrogens (tertiary/aromatic N) is 2. The molecule has 3 aromatic carbocycles. The standard InChI is InChI=1S/C26H21ClN4O2/c1-16-13-17(2)29-26(28-16)30-21-10-6-9-19(14-21)25(33)31-23-12-11-20(27)15-22(23)24(32)18-7-4-3-5-8-18/h3-15H,1-2H3,(H,31,33)(H,28,29,30). The molecule has 0 bridgehead atoms. The van der Waals surface area contributed by atoms with E-state index < -0.39 is 0 Å². The number of nitrogens with one attached hydrogen (secondary N) is 2. The third-order valence-electron chi connectivity index (χ3n) is 4.87. The number of halogens is 1. The number of hydrogen-bond donors (Lipinski definition) is 2. The van der Waals surface area contributed by atoms with Crippen LogP contribution in [0.4, 0.5) is 17.3 Å². The lowest BCUT2D eigenvalue weighted by atomic mass is 10.0. The minimum atomic E-state index is -0.357. The number of anilines is 3. The fraction of sp³-hybridized carbons (Fsp3) is 0.0769. The van der Waals surface area contributed by atoms with E-state index in [2.05, 4.69) is 20.6 Å². The summed E-state index contributed by atoms with van der Waals surface area (Å²) in [6.45, 7) is 3.79. The van der Waals surface area contributed by atoms with Crippen LogP contribution in [-0.4, -0.2) is 21.7 Å². The highest BCUT2D eigenvalue weighted by Crippen LogP contribution is 2.25. The van der Waals surface area contributed by atoms with E-state index in [9.17, 15) is 9.59 Å². The Labute approximate surface area is 196 Å². The number of rotatable bonds is 6. The first kappa shape index (κ1) is 22.2. The average molecular weight is 457 g/mol. The molecule has 7 heteroatoms. The Morgan fingerprint density at radius 1 is 0.788 bits per heavy atom. The number of benzene rings is 3. The van der Waals surface area contributed by atoms with Gasteiger partial charge in [0.2, 0.25) is 5.95 Å². The summed E-state index contributed by atoms with van der Waals surface area (Å²) < 4.78 is 0. The molecule has 0 radical (unpaired) electrons. The van der Waals surface area contributed by atoms with Crippen LogP contribution in [0.1, 0.15) is 37.7 Å². The van der Waals surface area contributed by atoms with Crippen molar-refractivity contribution in [2.75, 3.05) is 10.6 Å². The molecular formula is C26H21ClN4O2. The molecule has 1 aromatic heterocycles. The second-order valence-electron chi connectivity index (χ2n) is 7.52. The second kappa shape index (κ2) is 9.63. The van der Waals surface area contributed by atoms with Gasteiger partial charge in [-0.1, -0.05) is 48.0 Å². The van der Waals surface area contributed by atoms with Crippen molar-refractivity contribution in [3.05, 3.63) is 112 Å². The van der Waals surface area contributed by atoms with E-state index in [-0.39, 0.29) is 11.7 Å². The smallest absolute Gasteiger partial charge is 0.255 e.